The normalized spacial score (nSPS) is 12.4. The second kappa shape index (κ2) is 5.09. The summed E-state index contributed by atoms with van der Waals surface area (Å²) in [6.45, 7) is 1.74. The van der Waals surface area contributed by atoms with E-state index in [2.05, 4.69) is 15.5 Å². The summed E-state index contributed by atoms with van der Waals surface area (Å²) in [5.41, 5.74) is 5.72. The van der Waals surface area contributed by atoms with Gasteiger partial charge in [0.25, 0.3) is 0 Å². The summed E-state index contributed by atoms with van der Waals surface area (Å²) in [6, 6.07) is 2.96. The molecule has 2 rings (SSSR count). The van der Waals surface area contributed by atoms with Gasteiger partial charge in [-0.05, 0) is 25.1 Å². The van der Waals surface area contributed by atoms with Crippen molar-refractivity contribution in [1.29, 1.82) is 0 Å². The molecule has 1 aromatic carbocycles. The number of nitrogens with zero attached hydrogens (tertiary/aromatic N) is 2. The molecule has 3 N–H and O–H groups in total. The van der Waals surface area contributed by atoms with Crippen molar-refractivity contribution in [2.75, 3.05) is 5.32 Å². The quantitative estimate of drug-likeness (QED) is 0.872. The second-order valence-electron chi connectivity index (χ2n) is 3.82. The van der Waals surface area contributed by atoms with Crippen LogP contribution in [0.4, 0.5) is 14.8 Å². The van der Waals surface area contributed by atoms with Gasteiger partial charge in [-0.15, -0.1) is 5.10 Å². The average molecular weight is 254 g/mol. The van der Waals surface area contributed by atoms with Crippen molar-refractivity contribution in [2.24, 2.45) is 5.73 Å². The third kappa shape index (κ3) is 2.80. The van der Waals surface area contributed by atoms with Gasteiger partial charge in [-0.25, -0.2) is 8.78 Å². The molecule has 0 saturated carbocycles. The van der Waals surface area contributed by atoms with Gasteiger partial charge in [-0.2, -0.15) is 0 Å². The van der Waals surface area contributed by atoms with E-state index in [-0.39, 0.29) is 30.1 Å². The lowest BCUT2D eigenvalue weighted by Crippen LogP contribution is -2.05. The molecular formula is C11H12F2N4O. The third-order valence-electron chi connectivity index (χ3n) is 2.27. The Labute approximate surface area is 102 Å². The first-order chi connectivity index (χ1) is 8.56. The Morgan fingerprint density at radius 3 is 2.83 bits per heavy atom. The number of halogens is 2. The van der Waals surface area contributed by atoms with E-state index in [0.29, 0.717) is 0 Å². The van der Waals surface area contributed by atoms with Crippen LogP contribution in [0.2, 0.25) is 0 Å². The Bertz CT molecular complexity index is 542. The van der Waals surface area contributed by atoms with Crippen LogP contribution in [0.1, 0.15) is 24.4 Å². The maximum Gasteiger partial charge on any atom is 0.315 e. The minimum Gasteiger partial charge on any atom is -0.406 e. The molecule has 0 aliphatic carbocycles. The SMILES string of the molecule is CC(N)c1nnc(NCc2cc(F)ccc2F)o1. The van der Waals surface area contributed by atoms with E-state index >= 15 is 0 Å². The van der Waals surface area contributed by atoms with E-state index < -0.39 is 11.6 Å². The first kappa shape index (κ1) is 12.4. The standard InChI is InChI=1S/C11H12F2N4O/c1-6(14)10-16-17-11(18-10)15-5-7-4-8(12)2-3-9(7)13/h2-4,6H,5,14H2,1H3,(H,15,17). The molecule has 0 fully saturated rings. The Hall–Kier alpha value is -2.02. The lowest BCUT2D eigenvalue weighted by molar-refractivity contribution is 0.472. The molecule has 2 aromatic rings. The summed E-state index contributed by atoms with van der Waals surface area (Å²) in [4.78, 5) is 0. The van der Waals surface area contributed by atoms with Gasteiger partial charge < -0.3 is 15.5 Å². The van der Waals surface area contributed by atoms with Gasteiger partial charge in [0.2, 0.25) is 5.89 Å². The molecule has 1 atom stereocenters. The predicted octanol–water partition coefficient (Wildman–Crippen LogP) is 1.98. The summed E-state index contributed by atoms with van der Waals surface area (Å²) in [7, 11) is 0. The molecule has 0 spiro atoms. The summed E-state index contributed by atoms with van der Waals surface area (Å²) >= 11 is 0. The van der Waals surface area contributed by atoms with Crippen LogP contribution in [0.15, 0.2) is 22.6 Å². The van der Waals surface area contributed by atoms with E-state index in [9.17, 15) is 8.78 Å². The zero-order chi connectivity index (χ0) is 13.1. The van der Waals surface area contributed by atoms with Crippen LogP contribution in [0.3, 0.4) is 0 Å². The first-order valence-electron chi connectivity index (χ1n) is 5.33. The number of benzene rings is 1. The van der Waals surface area contributed by atoms with Gasteiger partial charge >= 0.3 is 6.01 Å². The molecule has 1 aromatic heterocycles. The predicted molar refractivity (Wildman–Crippen MR) is 60.6 cm³/mol. The number of hydrogen-bond acceptors (Lipinski definition) is 5. The van der Waals surface area contributed by atoms with Gasteiger partial charge in [0, 0.05) is 12.1 Å². The van der Waals surface area contributed by atoms with Gasteiger partial charge in [0.15, 0.2) is 0 Å². The number of rotatable bonds is 4. The third-order valence-corrected chi connectivity index (χ3v) is 2.27. The van der Waals surface area contributed by atoms with Gasteiger partial charge in [0.05, 0.1) is 6.04 Å². The number of aromatic nitrogens is 2. The maximum atomic E-state index is 13.3. The molecule has 0 aliphatic rings. The van der Waals surface area contributed by atoms with Crippen LogP contribution in [0, 0.1) is 11.6 Å². The lowest BCUT2D eigenvalue weighted by Gasteiger charge is -2.03. The molecular weight excluding hydrogens is 242 g/mol. The summed E-state index contributed by atoms with van der Waals surface area (Å²) in [5.74, 6) is -0.733. The van der Waals surface area contributed by atoms with Crippen molar-refractivity contribution in [3.05, 3.63) is 41.3 Å². The van der Waals surface area contributed by atoms with Crippen molar-refractivity contribution in [3.8, 4) is 0 Å². The van der Waals surface area contributed by atoms with Crippen molar-refractivity contribution < 1.29 is 13.2 Å². The molecule has 7 heteroatoms. The van der Waals surface area contributed by atoms with E-state index in [0.717, 1.165) is 18.2 Å². The zero-order valence-electron chi connectivity index (χ0n) is 9.65. The van der Waals surface area contributed by atoms with Crippen LogP contribution >= 0.6 is 0 Å². The highest BCUT2D eigenvalue weighted by Crippen LogP contribution is 2.14. The van der Waals surface area contributed by atoms with Crippen LogP contribution in [-0.2, 0) is 6.54 Å². The molecule has 1 unspecified atom stereocenters. The number of anilines is 1. The van der Waals surface area contributed by atoms with E-state index in [1.165, 1.54) is 0 Å². The highest BCUT2D eigenvalue weighted by molar-refractivity contribution is 5.25. The van der Waals surface area contributed by atoms with Gasteiger partial charge in [-0.3, -0.25) is 0 Å². The fourth-order valence-corrected chi connectivity index (χ4v) is 1.34. The molecule has 18 heavy (non-hydrogen) atoms. The zero-order valence-corrected chi connectivity index (χ0v) is 9.65. The van der Waals surface area contributed by atoms with Gasteiger partial charge in [0.1, 0.15) is 11.6 Å². The summed E-state index contributed by atoms with van der Waals surface area (Å²) < 4.78 is 31.4. The first-order valence-corrected chi connectivity index (χ1v) is 5.33. The highest BCUT2D eigenvalue weighted by Gasteiger charge is 2.10. The molecule has 5 nitrogen and oxygen atoms in total. The summed E-state index contributed by atoms with van der Waals surface area (Å²) in [5, 5.41) is 10.1. The molecule has 0 saturated heterocycles. The fourth-order valence-electron chi connectivity index (χ4n) is 1.34. The monoisotopic (exact) mass is 254 g/mol. The minimum absolute atomic E-state index is 0.0458. The smallest absolute Gasteiger partial charge is 0.315 e. The van der Waals surface area contributed by atoms with E-state index in [4.69, 9.17) is 10.2 Å². The summed E-state index contributed by atoms with van der Waals surface area (Å²) in [6.07, 6.45) is 0. The van der Waals surface area contributed by atoms with E-state index in [1.807, 2.05) is 0 Å². The molecule has 0 radical (unpaired) electrons. The largest absolute Gasteiger partial charge is 0.406 e. The number of nitrogens with one attached hydrogen (secondary N) is 1. The Kier molecular flexibility index (Phi) is 3.52. The number of hydrogen-bond donors (Lipinski definition) is 2. The van der Waals surface area contributed by atoms with Crippen LogP contribution < -0.4 is 11.1 Å². The van der Waals surface area contributed by atoms with Gasteiger partial charge in [-0.1, -0.05) is 5.10 Å². The van der Waals surface area contributed by atoms with E-state index in [1.54, 1.807) is 6.92 Å². The molecule has 1 heterocycles. The Morgan fingerprint density at radius 2 is 2.17 bits per heavy atom. The second-order valence-corrected chi connectivity index (χ2v) is 3.82. The number of nitrogens with two attached hydrogens (primary N) is 1. The maximum absolute atomic E-state index is 13.3. The van der Waals surface area contributed by atoms with Crippen LogP contribution in [0.25, 0.3) is 0 Å². The van der Waals surface area contributed by atoms with Crippen LogP contribution in [-0.4, -0.2) is 10.2 Å². The fraction of sp³-hybridized carbons (Fsp3) is 0.273. The van der Waals surface area contributed by atoms with Crippen molar-refractivity contribution in [2.45, 2.75) is 19.5 Å². The van der Waals surface area contributed by atoms with Crippen molar-refractivity contribution >= 4 is 6.01 Å². The Balaban J connectivity index is 2.04. The van der Waals surface area contributed by atoms with Crippen molar-refractivity contribution in [1.82, 2.24) is 10.2 Å². The average Bonchev–Trinajstić information content (AvgIpc) is 2.79. The minimum atomic E-state index is -0.505. The molecule has 0 amide bonds. The van der Waals surface area contributed by atoms with Crippen LogP contribution in [0.5, 0.6) is 0 Å². The molecule has 96 valence electrons. The molecule has 0 aliphatic heterocycles. The molecule has 0 bridgehead atoms. The Morgan fingerprint density at radius 1 is 1.39 bits per heavy atom. The topological polar surface area (TPSA) is 77.0 Å². The van der Waals surface area contributed by atoms with Crippen molar-refractivity contribution in [3.63, 3.8) is 0 Å². The lowest BCUT2D eigenvalue weighted by atomic mass is 10.2. The highest BCUT2D eigenvalue weighted by atomic mass is 19.1.